The molecule has 0 aliphatic rings. The van der Waals surface area contributed by atoms with Crippen LogP contribution in [-0.4, -0.2) is 19.5 Å². The van der Waals surface area contributed by atoms with Crippen LogP contribution in [0.25, 0.3) is 61.7 Å². The second-order valence-corrected chi connectivity index (χ2v) is 9.31. The molecule has 0 radical (unpaired) electrons. The van der Waals surface area contributed by atoms with Crippen LogP contribution in [0.1, 0.15) is 5.56 Å². The van der Waals surface area contributed by atoms with Crippen molar-refractivity contribution in [3.8, 4) is 52.2 Å². The summed E-state index contributed by atoms with van der Waals surface area (Å²) in [5.74, 6) is 4.52. The van der Waals surface area contributed by atoms with E-state index in [1.165, 1.54) is 21.8 Å². The molecule has 0 bridgehead atoms. The Morgan fingerprint density at radius 1 is 0.462 bits per heavy atom. The summed E-state index contributed by atoms with van der Waals surface area (Å²) in [4.78, 5) is 14.5. The maximum Gasteiger partial charge on any atom is 0.164 e. The summed E-state index contributed by atoms with van der Waals surface area (Å²) < 4.78 is 2.30. The maximum absolute atomic E-state index is 5.55. The van der Waals surface area contributed by atoms with Gasteiger partial charge in [0.2, 0.25) is 0 Å². The Morgan fingerprint density at radius 3 is 1.41 bits per heavy atom. The number of rotatable bonds is 4. The highest BCUT2D eigenvalue weighted by Crippen LogP contribution is 2.32. The van der Waals surface area contributed by atoms with Gasteiger partial charge in [0.25, 0.3) is 0 Å². The highest BCUT2D eigenvalue weighted by molar-refractivity contribution is 6.09. The maximum atomic E-state index is 5.55. The summed E-state index contributed by atoms with van der Waals surface area (Å²) in [6.07, 6.45) is 5.55. The molecule has 7 aromatic rings. The molecule has 182 valence electrons. The fourth-order valence-corrected chi connectivity index (χ4v) is 5.03. The van der Waals surface area contributed by atoms with E-state index in [0.29, 0.717) is 17.5 Å². The molecular formula is C35H22N4. The van der Waals surface area contributed by atoms with Crippen molar-refractivity contribution in [2.24, 2.45) is 0 Å². The van der Waals surface area contributed by atoms with E-state index in [-0.39, 0.29) is 0 Å². The van der Waals surface area contributed by atoms with Crippen molar-refractivity contribution >= 4 is 21.8 Å². The quantitative estimate of drug-likeness (QED) is 0.231. The topological polar surface area (TPSA) is 43.6 Å². The van der Waals surface area contributed by atoms with Crippen molar-refractivity contribution in [3.63, 3.8) is 0 Å². The molecule has 2 aromatic heterocycles. The lowest BCUT2D eigenvalue weighted by Gasteiger charge is -2.11. The van der Waals surface area contributed by atoms with E-state index in [2.05, 4.69) is 83.3 Å². The zero-order valence-corrected chi connectivity index (χ0v) is 21.0. The third kappa shape index (κ3) is 4.03. The highest BCUT2D eigenvalue weighted by atomic mass is 15.0. The first-order valence-electron chi connectivity index (χ1n) is 12.8. The van der Waals surface area contributed by atoms with Gasteiger partial charge in [0.15, 0.2) is 17.5 Å². The van der Waals surface area contributed by atoms with Crippen LogP contribution in [-0.2, 0) is 0 Å². The van der Waals surface area contributed by atoms with Crippen LogP contribution in [0.3, 0.4) is 0 Å². The minimum atomic E-state index is 0.605. The van der Waals surface area contributed by atoms with Crippen LogP contribution in [0.2, 0.25) is 0 Å². The van der Waals surface area contributed by atoms with Crippen molar-refractivity contribution in [1.82, 2.24) is 19.5 Å². The summed E-state index contributed by atoms with van der Waals surface area (Å²) >= 11 is 0. The zero-order chi connectivity index (χ0) is 26.2. The second kappa shape index (κ2) is 9.41. The van der Waals surface area contributed by atoms with E-state index in [1.807, 2.05) is 54.6 Å². The number of hydrogen-bond donors (Lipinski definition) is 0. The Hall–Kier alpha value is -5.53. The Labute approximate surface area is 226 Å². The van der Waals surface area contributed by atoms with E-state index in [0.717, 1.165) is 27.9 Å². The molecule has 0 spiro atoms. The van der Waals surface area contributed by atoms with Gasteiger partial charge in [0.1, 0.15) is 0 Å². The minimum Gasteiger partial charge on any atom is -0.309 e. The molecule has 2 heterocycles. The number of terminal acetylenes is 1. The Bertz CT molecular complexity index is 1940. The summed E-state index contributed by atoms with van der Waals surface area (Å²) in [5, 5.41) is 2.48. The van der Waals surface area contributed by atoms with Gasteiger partial charge >= 0.3 is 0 Å². The smallest absolute Gasteiger partial charge is 0.164 e. The summed E-state index contributed by atoms with van der Waals surface area (Å²) in [6, 6.07) is 43.1. The van der Waals surface area contributed by atoms with Gasteiger partial charge in [0, 0.05) is 38.7 Å². The predicted molar refractivity (Wildman–Crippen MR) is 158 cm³/mol. The molecule has 0 N–H and O–H groups in total. The third-order valence-corrected chi connectivity index (χ3v) is 6.94. The Morgan fingerprint density at radius 2 is 0.897 bits per heavy atom. The molecular weight excluding hydrogens is 476 g/mol. The lowest BCUT2D eigenvalue weighted by molar-refractivity contribution is 1.07. The molecule has 0 aliphatic heterocycles. The van der Waals surface area contributed by atoms with Gasteiger partial charge in [-0.15, -0.1) is 6.42 Å². The molecule has 4 nitrogen and oxygen atoms in total. The zero-order valence-electron chi connectivity index (χ0n) is 21.0. The average Bonchev–Trinajstić information content (AvgIpc) is 3.36. The fourth-order valence-electron chi connectivity index (χ4n) is 5.03. The number of fused-ring (bicyclic) bond motifs is 3. The molecule has 0 fully saturated rings. The standard InChI is InChI=1S/C35H22N4/c1-2-24-16-18-26(19-17-24)34-36-33(25-10-4-3-5-11-25)37-35(38-34)27-20-22-28(23-21-27)39-31-14-8-6-12-29(31)30-13-7-9-15-32(30)39/h1,3-23H. The molecule has 4 heteroatoms. The van der Waals surface area contributed by atoms with Crippen LogP contribution in [0.15, 0.2) is 127 Å². The molecule has 0 atom stereocenters. The largest absolute Gasteiger partial charge is 0.309 e. The van der Waals surface area contributed by atoms with Crippen LogP contribution < -0.4 is 0 Å². The third-order valence-electron chi connectivity index (χ3n) is 6.94. The van der Waals surface area contributed by atoms with E-state index in [1.54, 1.807) is 0 Å². The van der Waals surface area contributed by atoms with Crippen molar-refractivity contribution in [1.29, 1.82) is 0 Å². The number of hydrogen-bond acceptors (Lipinski definition) is 3. The van der Waals surface area contributed by atoms with Crippen molar-refractivity contribution in [2.45, 2.75) is 0 Å². The lowest BCUT2D eigenvalue weighted by atomic mass is 10.1. The van der Waals surface area contributed by atoms with Gasteiger partial charge in [-0.3, -0.25) is 0 Å². The first kappa shape index (κ1) is 22.7. The summed E-state index contributed by atoms with van der Waals surface area (Å²) in [7, 11) is 0. The molecule has 0 aliphatic carbocycles. The van der Waals surface area contributed by atoms with E-state index in [4.69, 9.17) is 21.4 Å². The van der Waals surface area contributed by atoms with Gasteiger partial charge in [-0.2, -0.15) is 0 Å². The van der Waals surface area contributed by atoms with Crippen LogP contribution in [0, 0.1) is 12.3 Å². The molecule has 0 saturated heterocycles. The van der Waals surface area contributed by atoms with Gasteiger partial charge in [0.05, 0.1) is 11.0 Å². The molecule has 7 rings (SSSR count). The normalized spacial score (nSPS) is 11.1. The first-order chi connectivity index (χ1) is 19.3. The number of benzene rings is 5. The van der Waals surface area contributed by atoms with Crippen molar-refractivity contribution in [3.05, 3.63) is 133 Å². The fraction of sp³-hybridized carbons (Fsp3) is 0. The van der Waals surface area contributed by atoms with Crippen molar-refractivity contribution < 1.29 is 0 Å². The SMILES string of the molecule is C#Cc1ccc(-c2nc(-c3ccccc3)nc(-c3ccc(-n4c5ccccc5c5ccccc54)cc3)n2)cc1. The van der Waals surface area contributed by atoms with Gasteiger partial charge < -0.3 is 4.57 Å². The molecule has 0 amide bonds. The summed E-state index contributed by atoms with van der Waals surface area (Å²) in [6.45, 7) is 0. The lowest BCUT2D eigenvalue weighted by Crippen LogP contribution is -2.00. The van der Waals surface area contributed by atoms with Crippen molar-refractivity contribution in [2.75, 3.05) is 0 Å². The van der Waals surface area contributed by atoms with E-state index in [9.17, 15) is 0 Å². The molecule has 0 saturated carbocycles. The highest BCUT2D eigenvalue weighted by Gasteiger charge is 2.14. The molecule has 39 heavy (non-hydrogen) atoms. The van der Waals surface area contributed by atoms with Gasteiger partial charge in [-0.25, -0.2) is 15.0 Å². The Kier molecular flexibility index (Phi) is 5.46. The number of aromatic nitrogens is 4. The van der Waals surface area contributed by atoms with Gasteiger partial charge in [-0.05, 0) is 60.7 Å². The number of para-hydroxylation sites is 2. The first-order valence-corrected chi connectivity index (χ1v) is 12.8. The predicted octanol–water partition coefficient (Wildman–Crippen LogP) is 7.95. The minimum absolute atomic E-state index is 0.605. The van der Waals surface area contributed by atoms with E-state index >= 15 is 0 Å². The monoisotopic (exact) mass is 498 g/mol. The molecule has 5 aromatic carbocycles. The average molecular weight is 499 g/mol. The van der Waals surface area contributed by atoms with Crippen LogP contribution in [0.4, 0.5) is 0 Å². The van der Waals surface area contributed by atoms with Crippen LogP contribution >= 0.6 is 0 Å². The molecule has 0 unspecified atom stereocenters. The Balaban J connectivity index is 1.36. The summed E-state index contributed by atoms with van der Waals surface area (Å²) in [5.41, 5.74) is 6.99. The van der Waals surface area contributed by atoms with E-state index < -0.39 is 0 Å². The van der Waals surface area contributed by atoms with Crippen LogP contribution in [0.5, 0.6) is 0 Å². The van der Waals surface area contributed by atoms with Gasteiger partial charge in [-0.1, -0.05) is 72.7 Å². The second-order valence-electron chi connectivity index (χ2n) is 9.31. The number of nitrogens with zero attached hydrogens (tertiary/aromatic N) is 4.